The summed E-state index contributed by atoms with van der Waals surface area (Å²) in [4.78, 5) is 13.3. The minimum atomic E-state index is -3.51. The summed E-state index contributed by atoms with van der Waals surface area (Å²) in [7, 11) is -3.51. The Morgan fingerprint density at radius 2 is 1.81 bits per heavy atom. The molecule has 3 aromatic rings. The van der Waals surface area contributed by atoms with Gasteiger partial charge in [0, 0.05) is 29.6 Å². The number of ether oxygens (including phenoxy) is 2. The maximum absolute atomic E-state index is 12.7. The van der Waals surface area contributed by atoms with Gasteiger partial charge in [0.15, 0.2) is 0 Å². The van der Waals surface area contributed by atoms with Gasteiger partial charge in [0.2, 0.25) is 10.0 Å². The van der Waals surface area contributed by atoms with E-state index in [0.717, 1.165) is 20.5 Å². The van der Waals surface area contributed by atoms with Gasteiger partial charge >= 0.3 is 5.97 Å². The fourth-order valence-electron chi connectivity index (χ4n) is 3.39. The van der Waals surface area contributed by atoms with Crippen molar-refractivity contribution in [2.75, 3.05) is 26.3 Å². The fraction of sp³-hybridized carbons (Fsp3) is 0.318. The van der Waals surface area contributed by atoms with Crippen molar-refractivity contribution >= 4 is 49.0 Å². The molecule has 164 valence electrons. The summed E-state index contributed by atoms with van der Waals surface area (Å²) in [5, 5.41) is 1.60. The first-order valence-electron chi connectivity index (χ1n) is 9.93. The van der Waals surface area contributed by atoms with Crippen LogP contribution in [0.25, 0.3) is 10.1 Å². The summed E-state index contributed by atoms with van der Waals surface area (Å²) in [6.07, 6.45) is 0.676. The molecule has 31 heavy (non-hydrogen) atoms. The number of esters is 1. The maximum Gasteiger partial charge on any atom is 0.306 e. The Balaban J connectivity index is 1.30. The van der Waals surface area contributed by atoms with Crippen LogP contribution in [0.2, 0.25) is 5.02 Å². The molecule has 0 radical (unpaired) electrons. The zero-order valence-corrected chi connectivity index (χ0v) is 19.1. The van der Waals surface area contributed by atoms with Crippen LogP contribution in [0.15, 0.2) is 53.4 Å². The standard InChI is InChI=1S/C22H22ClNO5S2/c23-22-18-3-1-2-4-19(18)30-20(22)15-29-21(25)10-7-16-5-8-17(9-6-16)31(26,27)24-11-13-28-14-12-24/h1-6,8-9H,7,10-15H2. The van der Waals surface area contributed by atoms with Crippen LogP contribution >= 0.6 is 22.9 Å². The largest absolute Gasteiger partial charge is 0.460 e. The Bertz CT molecular complexity index is 1170. The molecular weight excluding hydrogens is 458 g/mol. The van der Waals surface area contributed by atoms with Crippen LogP contribution in [0, 0.1) is 0 Å². The summed E-state index contributed by atoms with van der Waals surface area (Å²) in [5.74, 6) is -0.321. The quantitative estimate of drug-likeness (QED) is 0.473. The van der Waals surface area contributed by atoms with Crippen LogP contribution < -0.4 is 0 Å². The molecule has 1 fully saturated rings. The molecule has 1 aliphatic heterocycles. The molecular formula is C22H22ClNO5S2. The molecule has 4 rings (SSSR count). The zero-order chi connectivity index (χ0) is 21.8. The number of hydrogen-bond donors (Lipinski definition) is 0. The lowest BCUT2D eigenvalue weighted by atomic mass is 10.1. The van der Waals surface area contributed by atoms with E-state index < -0.39 is 10.0 Å². The van der Waals surface area contributed by atoms with Gasteiger partial charge in [-0.05, 0) is 30.2 Å². The number of rotatable bonds is 7. The first-order chi connectivity index (χ1) is 14.9. The summed E-state index contributed by atoms with van der Waals surface area (Å²) in [5.41, 5.74) is 0.873. The first-order valence-corrected chi connectivity index (χ1v) is 12.6. The second kappa shape index (κ2) is 9.67. The molecule has 6 nitrogen and oxygen atoms in total. The van der Waals surface area contributed by atoms with Gasteiger partial charge in [-0.2, -0.15) is 4.31 Å². The number of carbonyl (C=O) groups is 1. The number of halogens is 1. The highest BCUT2D eigenvalue weighted by molar-refractivity contribution is 7.89. The summed E-state index contributed by atoms with van der Waals surface area (Å²) < 4.78 is 38.4. The SMILES string of the molecule is O=C(CCc1ccc(S(=O)(=O)N2CCOCC2)cc1)OCc1sc2ccccc2c1Cl. The Kier molecular flexibility index (Phi) is 6.93. The molecule has 0 bridgehead atoms. The predicted molar refractivity (Wildman–Crippen MR) is 121 cm³/mol. The van der Waals surface area contributed by atoms with Gasteiger partial charge < -0.3 is 9.47 Å². The lowest BCUT2D eigenvalue weighted by molar-refractivity contribution is -0.144. The number of aryl methyl sites for hydroxylation is 1. The van der Waals surface area contributed by atoms with E-state index in [0.29, 0.717) is 37.7 Å². The van der Waals surface area contributed by atoms with Gasteiger partial charge in [0.25, 0.3) is 0 Å². The van der Waals surface area contributed by atoms with Gasteiger partial charge in [-0.15, -0.1) is 11.3 Å². The van der Waals surface area contributed by atoms with Gasteiger partial charge in [-0.25, -0.2) is 8.42 Å². The normalized spacial score (nSPS) is 15.3. The molecule has 0 aliphatic carbocycles. The van der Waals surface area contributed by atoms with Crippen LogP contribution in [0.5, 0.6) is 0 Å². The Labute approximate surface area is 190 Å². The molecule has 0 atom stereocenters. The molecule has 9 heteroatoms. The third-order valence-electron chi connectivity index (χ3n) is 5.11. The van der Waals surface area contributed by atoms with Crippen molar-refractivity contribution in [3.05, 3.63) is 64.0 Å². The molecule has 1 aromatic heterocycles. The molecule has 1 aliphatic rings. The van der Waals surface area contributed by atoms with Crippen molar-refractivity contribution in [1.82, 2.24) is 4.31 Å². The number of thiophene rings is 1. The zero-order valence-electron chi connectivity index (χ0n) is 16.8. The van der Waals surface area contributed by atoms with Crippen molar-refractivity contribution in [3.63, 3.8) is 0 Å². The average Bonchev–Trinajstić information content (AvgIpc) is 3.13. The molecule has 0 unspecified atom stereocenters. The molecule has 0 N–H and O–H groups in total. The van der Waals surface area contributed by atoms with Crippen molar-refractivity contribution in [1.29, 1.82) is 0 Å². The van der Waals surface area contributed by atoms with Crippen LogP contribution in [0.1, 0.15) is 16.9 Å². The average molecular weight is 480 g/mol. The molecule has 0 spiro atoms. The second-order valence-electron chi connectivity index (χ2n) is 7.16. The van der Waals surface area contributed by atoms with Crippen molar-refractivity contribution in [3.8, 4) is 0 Å². The lowest BCUT2D eigenvalue weighted by Crippen LogP contribution is -2.40. The van der Waals surface area contributed by atoms with Crippen molar-refractivity contribution in [2.45, 2.75) is 24.3 Å². The Morgan fingerprint density at radius 1 is 1.10 bits per heavy atom. The van der Waals surface area contributed by atoms with E-state index in [2.05, 4.69) is 0 Å². The van der Waals surface area contributed by atoms with Crippen molar-refractivity contribution < 1.29 is 22.7 Å². The van der Waals surface area contributed by atoms with E-state index in [1.165, 1.54) is 15.6 Å². The monoisotopic (exact) mass is 479 g/mol. The van der Waals surface area contributed by atoms with Crippen LogP contribution in [0.4, 0.5) is 0 Å². The Hall–Kier alpha value is -1.97. The molecule has 0 saturated carbocycles. The summed E-state index contributed by atoms with van der Waals surface area (Å²) >= 11 is 7.90. The third-order valence-corrected chi connectivity index (χ3v) is 8.72. The minimum absolute atomic E-state index is 0.147. The fourth-order valence-corrected chi connectivity index (χ4v) is 6.19. The number of fused-ring (bicyclic) bond motifs is 1. The Morgan fingerprint density at radius 3 is 2.52 bits per heavy atom. The highest BCUT2D eigenvalue weighted by atomic mass is 35.5. The summed E-state index contributed by atoms with van der Waals surface area (Å²) in [6.45, 7) is 1.69. The maximum atomic E-state index is 12.7. The highest BCUT2D eigenvalue weighted by Gasteiger charge is 2.26. The van der Waals surface area contributed by atoms with Gasteiger partial charge in [-0.1, -0.05) is 41.9 Å². The number of carbonyl (C=O) groups excluding carboxylic acids is 1. The number of hydrogen-bond acceptors (Lipinski definition) is 6. The van der Waals surface area contributed by atoms with Crippen LogP contribution in [0.3, 0.4) is 0 Å². The predicted octanol–water partition coefficient (Wildman–Crippen LogP) is 4.25. The van der Waals surface area contributed by atoms with E-state index in [1.807, 2.05) is 24.3 Å². The van der Waals surface area contributed by atoms with Gasteiger partial charge in [0.05, 0.1) is 28.0 Å². The third kappa shape index (κ3) is 5.10. The molecule has 1 saturated heterocycles. The smallest absolute Gasteiger partial charge is 0.306 e. The number of nitrogens with zero attached hydrogens (tertiary/aromatic N) is 1. The van der Waals surface area contributed by atoms with Gasteiger partial charge in [0.1, 0.15) is 6.61 Å². The van der Waals surface area contributed by atoms with E-state index in [9.17, 15) is 13.2 Å². The van der Waals surface area contributed by atoms with Crippen molar-refractivity contribution in [2.24, 2.45) is 0 Å². The lowest BCUT2D eigenvalue weighted by Gasteiger charge is -2.26. The molecule has 0 amide bonds. The minimum Gasteiger partial charge on any atom is -0.460 e. The second-order valence-corrected chi connectivity index (χ2v) is 10.6. The molecule has 2 aromatic carbocycles. The van der Waals surface area contributed by atoms with Crippen LogP contribution in [-0.2, 0) is 37.3 Å². The first kappa shape index (κ1) is 22.2. The number of benzene rings is 2. The van der Waals surface area contributed by atoms with Gasteiger partial charge in [-0.3, -0.25) is 4.79 Å². The molecule has 2 heterocycles. The topological polar surface area (TPSA) is 72.9 Å². The summed E-state index contributed by atoms with van der Waals surface area (Å²) in [6, 6.07) is 14.5. The van der Waals surface area contributed by atoms with Crippen LogP contribution in [-0.4, -0.2) is 45.0 Å². The van der Waals surface area contributed by atoms with E-state index in [-0.39, 0.29) is 23.9 Å². The number of morpholine rings is 1. The van der Waals surface area contributed by atoms with E-state index in [1.54, 1.807) is 24.3 Å². The van der Waals surface area contributed by atoms with E-state index in [4.69, 9.17) is 21.1 Å². The number of sulfonamides is 1. The van der Waals surface area contributed by atoms with E-state index >= 15 is 0 Å². The highest BCUT2D eigenvalue weighted by Crippen LogP contribution is 2.35.